The van der Waals surface area contributed by atoms with Gasteiger partial charge in [-0.3, -0.25) is 0 Å². The molecule has 1 heterocycles. The summed E-state index contributed by atoms with van der Waals surface area (Å²) >= 11 is 0. The monoisotopic (exact) mass is 606 g/mol. The minimum absolute atomic E-state index is 0.483. The van der Waals surface area contributed by atoms with Crippen molar-refractivity contribution in [2.75, 3.05) is 9.80 Å². The molecule has 0 amide bonds. The Morgan fingerprint density at radius 3 is 1.28 bits per heavy atom. The number of fused-ring (bicyclic) bond motifs is 1. The molecule has 0 aliphatic heterocycles. The minimum Gasteiger partial charge on any atom is -0.416 e. The molecule has 7 aromatic carbocycles. The second-order valence-electron chi connectivity index (χ2n) is 11.2. The molecule has 0 saturated carbocycles. The lowest BCUT2D eigenvalue weighted by Crippen LogP contribution is -2.12. The molecule has 47 heavy (non-hydrogen) atoms. The van der Waals surface area contributed by atoms with Crippen molar-refractivity contribution in [3.05, 3.63) is 182 Å². The summed E-state index contributed by atoms with van der Waals surface area (Å²) in [5.41, 5.74) is 8.19. The lowest BCUT2D eigenvalue weighted by atomic mass is 10.0. The molecule has 8 rings (SSSR count). The fourth-order valence-corrected chi connectivity index (χ4v) is 5.99. The lowest BCUT2D eigenvalue weighted by Gasteiger charge is -2.28. The predicted octanol–water partition coefficient (Wildman–Crippen LogP) is 11.5. The highest BCUT2D eigenvalue weighted by molar-refractivity contribution is 5.94. The summed E-state index contributed by atoms with van der Waals surface area (Å²) in [6.07, 6.45) is 0. The molecule has 0 fully saturated rings. The molecule has 5 heteroatoms. The molecule has 0 N–H and O–H groups in total. The smallest absolute Gasteiger partial charge is 0.248 e. The van der Waals surface area contributed by atoms with Crippen LogP contribution >= 0.6 is 0 Å². The van der Waals surface area contributed by atoms with Gasteiger partial charge in [-0.05, 0) is 102 Å². The number of nitrogens with zero attached hydrogens (tertiary/aromatic N) is 4. The van der Waals surface area contributed by atoms with Gasteiger partial charge in [0.2, 0.25) is 11.8 Å². The Kier molecular flexibility index (Phi) is 7.46. The SMILES string of the molecule is c1ccc(N(c2ccccc2)c2ccc(N(c3ccccc3)c3ccc(-c4nnc(-c5cccc6ccccc56)o4)cc3)cc2)cc1. The van der Waals surface area contributed by atoms with Crippen molar-refractivity contribution in [1.29, 1.82) is 0 Å². The topological polar surface area (TPSA) is 45.4 Å². The van der Waals surface area contributed by atoms with Crippen LogP contribution in [0.15, 0.2) is 186 Å². The molecule has 224 valence electrons. The Morgan fingerprint density at radius 1 is 0.340 bits per heavy atom. The van der Waals surface area contributed by atoms with Crippen LogP contribution in [0.25, 0.3) is 33.7 Å². The fraction of sp³-hybridized carbons (Fsp3) is 0. The van der Waals surface area contributed by atoms with E-state index in [2.05, 4.69) is 147 Å². The normalized spacial score (nSPS) is 11.0. The summed E-state index contributed by atoms with van der Waals surface area (Å²) in [6, 6.07) is 62.6. The van der Waals surface area contributed by atoms with Gasteiger partial charge in [0.25, 0.3) is 0 Å². The van der Waals surface area contributed by atoms with Gasteiger partial charge in [0.15, 0.2) is 0 Å². The first kappa shape index (κ1) is 28.0. The van der Waals surface area contributed by atoms with Gasteiger partial charge in [0.05, 0.1) is 0 Å². The zero-order valence-electron chi connectivity index (χ0n) is 25.5. The second-order valence-corrected chi connectivity index (χ2v) is 11.2. The number of hydrogen-bond donors (Lipinski definition) is 0. The van der Waals surface area contributed by atoms with Crippen LogP contribution in [0.2, 0.25) is 0 Å². The van der Waals surface area contributed by atoms with Crippen molar-refractivity contribution in [1.82, 2.24) is 10.2 Å². The van der Waals surface area contributed by atoms with E-state index in [1.54, 1.807) is 0 Å². The van der Waals surface area contributed by atoms with Crippen LogP contribution in [-0.2, 0) is 0 Å². The van der Waals surface area contributed by atoms with E-state index < -0.39 is 0 Å². The van der Waals surface area contributed by atoms with Crippen molar-refractivity contribution in [2.24, 2.45) is 0 Å². The van der Waals surface area contributed by atoms with Gasteiger partial charge in [-0.15, -0.1) is 10.2 Å². The Morgan fingerprint density at radius 2 is 0.745 bits per heavy atom. The molecular formula is C42H30N4O. The number of aromatic nitrogens is 2. The summed E-state index contributed by atoms with van der Waals surface area (Å²) in [6.45, 7) is 0. The zero-order chi connectivity index (χ0) is 31.4. The Hall–Kier alpha value is -6.46. The number of hydrogen-bond acceptors (Lipinski definition) is 5. The fourth-order valence-electron chi connectivity index (χ4n) is 5.99. The average molecular weight is 607 g/mol. The quantitative estimate of drug-likeness (QED) is 0.172. The molecule has 0 bridgehead atoms. The highest BCUT2D eigenvalue weighted by Gasteiger charge is 2.17. The highest BCUT2D eigenvalue weighted by atomic mass is 16.4. The van der Waals surface area contributed by atoms with Gasteiger partial charge < -0.3 is 14.2 Å². The predicted molar refractivity (Wildman–Crippen MR) is 192 cm³/mol. The van der Waals surface area contributed by atoms with E-state index in [0.29, 0.717) is 11.8 Å². The van der Waals surface area contributed by atoms with E-state index >= 15 is 0 Å². The van der Waals surface area contributed by atoms with E-state index in [9.17, 15) is 0 Å². The summed E-state index contributed by atoms with van der Waals surface area (Å²) in [7, 11) is 0. The molecule has 5 nitrogen and oxygen atoms in total. The zero-order valence-corrected chi connectivity index (χ0v) is 25.5. The summed E-state index contributed by atoms with van der Waals surface area (Å²) in [5, 5.41) is 11.0. The maximum atomic E-state index is 6.20. The van der Waals surface area contributed by atoms with Gasteiger partial charge in [0, 0.05) is 45.3 Å². The van der Waals surface area contributed by atoms with Crippen LogP contribution in [-0.4, -0.2) is 10.2 Å². The first-order valence-electron chi connectivity index (χ1n) is 15.6. The van der Waals surface area contributed by atoms with E-state index in [0.717, 1.165) is 56.0 Å². The van der Waals surface area contributed by atoms with Gasteiger partial charge in [-0.2, -0.15) is 0 Å². The van der Waals surface area contributed by atoms with Crippen LogP contribution in [0.4, 0.5) is 34.1 Å². The van der Waals surface area contributed by atoms with Crippen LogP contribution in [0, 0.1) is 0 Å². The molecule has 0 spiro atoms. The third kappa shape index (κ3) is 5.62. The lowest BCUT2D eigenvalue weighted by molar-refractivity contribution is 0.585. The van der Waals surface area contributed by atoms with Crippen molar-refractivity contribution < 1.29 is 4.42 Å². The molecule has 0 unspecified atom stereocenters. The molecule has 0 aliphatic carbocycles. The molecule has 0 aliphatic rings. The highest BCUT2D eigenvalue weighted by Crippen LogP contribution is 2.39. The van der Waals surface area contributed by atoms with Crippen LogP contribution in [0.1, 0.15) is 0 Å². The second kappa shape index (κ2) is 12.5. The van der Waals surface area contributed by atoms with Crippen molar-refractivity contribution >= 4 is 44.9 Å². The minimum atomic E-state index is 0.483. The van der Waals surface area contributed by atoms with Crippen LogP contribution < -0.4 is 9.80 Å². The molecular weight excluding hydrogens is 576 g/mol. The maximum absolute atomic E-state index is 6.20. The number of para-hydroxylation sites is 3. The van der Waals surface area contributed by atoms with Gasteiger partial charge in [-0.25, -0.2) is 0 Å². The summed E-state index contributed by atoms with van der Waals surface area (Å²) < 4.78 is 6.20. The van der Waals surface area contributed by atoms with E-state index in [1.807, 2.05) is 54.6 Å². The van der Waals surface area contributed by atoms with Crippen molar-refractivity contribution in [3.63, 3.8) is 0 Å². The third-order valence-corrected chi connectivity index (χ3v) is 8.23. The largest absolute Gasteiger partial charge is 0.416 e. The van der Waals surface area contributed by atoms with Crippen LogP contribution in [0.5, 0.6) is 0 Å². The van der Waals surface area contributed by atoms with Crippen molar-refractivity contribution in [3.8, 4) is 22.9 Å². The number of anilines is 6. The summed E-state index contributed by atoms with van der Waals surface area (Å²) in [4.78, 5) is 4.51. The molecule has 0 saturated heterocycles. The first-order chi connectivity index (χ1) is 23.3. The van der Waals surface area contributed by atoms with E-state index in [4.69, 9.17) is 4.42 Å². The van der Waals surface area contributed by atoms with E-state index in [1.165, 1.54) is 0 Å². The van der Waals surface area contributed by atoms with Crippen molar-refractivity contribution in [2.45, 2.75) is 0 Å². The Labute approximate surface area is 273 Å². The Balaban J connectivity index is 1.12. The Bertz CT molecular complexity index is 2190. The molecule has 0 radical (unpaired) electrons. The standard InChI is InChI=1S/C42H30N4O/c1-4-15-33(16-5-1)45(34-17-6-2-7-18-34)37-27-29-38(30-28-37)46(35-19-8-3-9-20-35)36-25-23-32(24-26-36)41-43-44-42(47-41)40-22-12-14-31-13-10-11-21-39(31)40/h1-30H. The van der Waals surface area contributed by atoms with Crippen LogP contribution in [0.3, 0.4) is 0 Å². The first-order valence-corrected chi connectivity index (χ1v) is 15.6. The molecule has 0 atom stereocenters. The van der Waals surface area contributed by atoms with Gasteiger partial charge in [-0.1, -0.05) is 91.0 Å². The number of benzene rings is 7. The van der Waals surface area contributed by atoms with Gasteiger partial charge in [0.1, 0.15) is 0 Å². The average Bonchev–Trinajstić information content (AvgIpc) is 3.64. The summed E-state index contributed by atoms with van der Waals surface area (Å²) in [5.74, 6) is 0.990. The molecule has 1 aromatic heterocycles. The molecule has 8 aromatic rings. The third-order valence-electron chi connectivity index (χ3n) is 8.23. The maximum Gasteiger partial charge on any atom is 0.248 e. The number of rotatable bonds is 8. The van der Waals surface area contributed by atoms with Gasteiger partial charge >= 0.3 is 0 Å². The van der Waals surface area contributed by atoms with E-state index in [-0.39, 0.29) is 0 Å².